The summed E-state index contributed by atoms with van der Waals surface area (Å²) in [5, 5.41) is 9.67. The highest BCUT2D eigenvalue weighted by Gasteiger charge is 2.34. The number of phenolic OH excluding ortho intramolecular Hbond substituents is 1. The Kier molecular flexibility index (Phi) is 6.41. The molecule has 8 heteroatoms. The maximum atomic E-state index is 13.3. The summed E-state index contributed by atoms with van der Waals surface area (Å²) in [6, 6.07) is 11.1. The van der Waals surface area contributed by atoms with E-state index in [-0.39, 0.29) is 18.2 Å². The number of imidazole rings is 1. The summed E-state index contributed by atoms with van der Waals surface area (Å²) in [5.74, 6) is 1.25. The number of nitrogens with zero attached hydrogens (tertiary/aromatic N) is 3. The molecule has 172 valence electrons. The maximum Gasteiger partial charge on any atom is 0.416 e. The molecule has 2 aromatic carbocycles. The number of hydrogen-bond donors (Lipinski definition) is 1. The quantitative estimate of drug-likeness (QED) is 0.507. The largest absolute Gasteiger partial charge is 0.508 e. The summed E-state index contributed by atoms with van der Waals surface area (Å²) in [6.45, 7) is 3.02. The van der Waals surface area contributed by atoms with Gasteiger partial charge in [-0.2, -0.15) is 13.2 Å². The van der Waals surface area contributed by atoms with Gasteiger partial charge in [0.1, 0.15) is 11.6 Å². The lowest BCUT2D eigenvalue weighted by Gasteiger charge is -2.44. The second-order valence-corrected chi connectivity index (χ2v) is 8.80. The molecule has 0 bridgehead atoms. The minimum absolute atomic E-state index is 0. The topological polar surface area (TPSA) is 41.3 Å². The fourth-order valence-corrected chi connectivity index (χ4v) is 5.35. The third-order valence-corrected chi connectivity index (χ3v) is 6.85. The van der Waals surface area contributed by atoms with Crippen LogP contribution < -0.4 is 0 Å². The Morgan fingerprint density at radius 1 is 0.969 bits per heavy atom. The maximum absolute atomic E-state index is 13.3. The Morgan fingerprint density at radius 3 is 2.47 bits per heavy atom. The van der Waals surface area contributed by atoms with Crippen LogP contribution in [0.1, 0.15) is 37.7 Å². The van der Waals surface area contributed by atoms with Crippen LogP contribution in [0.4, 0.5) is 13.2 Å². The smallest absolute Gasteiger partial charge is 0.416 e. The molecule has 4 nitrogen and oxygen atoms in total. The highest BCUT2D eigenvalue weighted by Crippen LogP contribution is 2.36. The molecular weight excluding hydrogens is 439 g/mol. The zero-order valence-corrected chi connectivity index (χ0v) is 18.5. The minimum atomic E-state index is -4.40. The highest BCUT2D eigenvalue weighted by atomic mass is 35.5. The summed E-state index contributed by atoms with van der Waals surface area (Å²) < 4.78 is 41.9. The van der Waals surface area contributed by atoms with Gasteiger partial charge in [0.25, 0.3) is 0 Å². The van der Waals surface area contributed by atoms with Crippen molar-refractivity contribution in [2.45, 2.75) is 50.9 Å². The number of phenols is 1. The zero-order valence-electron chi connectivity index (χ0n) is 17.7. The fourth-order valence-electron chi connectivity index (χ4n) is 5.35. The molecule has 2 fully saturated rings. The van der Waals surface area contributed by atoms with Gasteiger partial charge in [-0.25, -0.2) is 4.98 Å². The second-order valence-electron chi connectivity index (χ2n) is 8.80. The van der Waals surface area contributed by atoms with Gasteiger partial charge in [0, 0.05) is 18.2 Å². The van der Waals surface area contributed by atoms with Crippen LogP contribution in [-0.2, 0) is 12.7 Å². The van der Waals surface area contributed by atoms with Gasteiger partial charge in [-0.1, -0.05) is 6.42 Å². The molecule has 2 aliphatic heterocycles. The van der Waals surface area contributed by atoms with E-state index in [1.54, 1.807) is 30.3 Å². The van der Waals surface area contributed by atoms with Crippen molar-refractivity contribution in [3.8, 4) is 17.1 Å². The highest BCUT2D eigenvalue weighted by molar-refractivity contribution is 5.85. The van der Waals surface area contributed by atoms with Gasteiger partial charge in [0.05, 0.1) is 16.6 Å². The Bertz CT molecular complexity index is 1080. The van der Waals surface area contributed by atoms with Crippen LogP contribution in [-0.4, -0.2) is 38.7 Å². The van der Waals surface area contributed by atoms with Crippen molar-refractivity contribution in [1.29, 1.82) is 0 Å². The molecule has 3 heterocycles. The summed E-state index contributed by atoms with van der Waals surface area (Å²) in [5.41, 5.74) is 1.19. The molecule has 5 rings (SSSR count). The molecule has 0 aliphatic carbocycles. The first kappa shape index (κ1) is 22.9. The van der Waals surface area contributed by atoms with Crippen LogP contribution >= 0.6 is 12.4 Å². The van der Waals surface area contributed by atoms with Crippen LogP contribution in [0.3, 0.4) is 0 Å². The normalized spacial score (nSPS) is 21.8. The lowest BCUT2D eigenvalue weighted by Crippen LogP contribution is -2.49. The second kappa shape index (κ2) is 8.94. The van der Waals surface area contributed by atoms with E-state index >= 15 is 0 Å². The molecule has 2 atom stereocenters. The Balaban J connectivity index is 0.00000245. The average Bonchev–Trinajstić information content (AvgIpc) is 3.11. The standard InChI is InChI=1S/C24H26F3N3O.ClH/c25-24(26,27)18-8-11-22-20(14-18)28-23(16-6-9-19(31)10-7-16)30(22)15-17-4-3-13-29-12-2-1-5-21(17)29;/h6-11,14,17,21,31H,1-5,12-13,15H2;1H. The molecule has 32 heavy (non-hydrogen) atoms. The molecular formula is C24H27ClF3N3O. The van der Waals surface area contributed by atoms with E-state index in [0.717, 1.165) is 55.7 Å². The van der Waals surface area contributed by atoms with E-state index in [0.29, 0.717) is 23.3 Å². The van der Waals surface area contributed by atoms with Crippen molar-refractivity contribution >= 4 is 23.4 Å². The zero-order chi connectivity index (χ0) is 21.6. The van der Waals surface area contributed by atoms with Crippen LogP contribution in [0.2, 0.25) is 0 Å². The lowest BCUT2D eigenvalue weighted by atomic mass is 9.83. The van der Waals surface area contributed by atoms with Gasteiger partial charge in [-0.05, 0) is 87.2 Å². The summed E-state index contributed by atoms with van der Waals surface area (Å²) in [4.78, 5) is 7.22. The van der Waals surface area contributed by atoms with Gasteiger partial charge in [-0.3, -0.25) is 0 Å². The van der Waals surface area contributed by atoms with Crippen molar-refractivity contribution in [3.05, 3.63) is 48.0 Å². The van der Waals surface area contributed by atoms with Crippen LogP contribution in [0.5, 0.6) is 5.75 Å². The predicted octanol–water partition coefficient (Wildman–Crippen LogP) is 6.11. The van der Waals surface area contributed by atoms with E-state index in [4.69, 9.17) is 0 Å². The van der Waals surface area contributed by atoms with Gasteiger partial charge in [0.2, 0.25) is 0 Å². The molecule has 3 aromatic rings. The molecule has 2 saturated heterocycles. The SMILES string of the molecule is Cl.Oc1ccc(-c2nc3cc(C(F)(F)F)ccc3n2CC2CCCN3CCCCC23)cc1. The summed E-state index contributed by atoms with van der Waals surface area (Å²) in [7, 11) is 0. The molecule has 1 aromatic heterocycles. The molecule has 1 N–H and O–H groups in total. The summed E-state index contributed by atoms with van der Waals surface area (Å²) in [6.07, 6.45) is 1.54. The molecule has 0 saturated carbocycles. The number of fused-ring (bicyclic) bond motifs is 2. The molecule has 2 aliphatic rings. The Hall–Kier alpha value is -2.25. The number of rotatable bonds is 3. The predicted molar refractivity (Wildman–Crippen MR) is 121 cm³/mol. The number of halogens is 4. The van der Waals surface area contributed by atoms with E-state index in [1.807, 2.05) is 0 Å². The van der Waals surface area contributed by atoms with Crippen LogP contribution in [0.15, 0.2) is 42.5 Å². The third kappa shape index (κ3) is 4.33. The van der Waals surface area contributed by atoms with Crippen molar-refractivity contribution in [2.24, 2.45) is 5.92 Å². The Labute approximate surface area is 191 Å². The summed E-state index contributed by atoms with van der Waals surface area (Å²) >= 11 is 0. The number of aromatic hydroxyl groups is 1. The number of hydrogen-bond acceptors (Lipinski definition) is 3. The minimum Gasteiger partial charge on any atom is -0.508 e. The van der Waals surface area contributed by atoms with E-state index in [2.05, 4.69) is 14.5 Å². The van der Waals surface area contributed by atoms with E-state index in [9.17, 15) is 18.3 Å². The van der Waals surface area contributed by atoms with E-state index in [1.165, 1.54) is 19.3 Å². The molecule has 0 amide bonds. The Morgan fingerprint density at radius 2 is 1.72 bits per heavy atom. The van der Waals surface area contributed by atoms with Crippen molar-refractivity contribution < 1.29 is 18.3 Å². The fraction of sp³-hybridized carbons (Fsp3) is 0.458. The third-order valence-electron chi connectivity index (χ3n) is 6.85. The average molecular weight is 466 g/mol. The molecule has 2 unspecified atom stereocenters. The van der Waals surface area contributed by atoms with Gasteiger partial charge >= 0.3 is 6.18 Å². The number of alkyl halides is 3. The van der Waals surface area contributed by atoms with Crippen LogP contribution in [0.25, 0.3) is 22.4 Å². The van der Waals surface area contributed by atoms with Gasteiger partial charge in [0.15, 0.2) is 0 Å². The molecule has 0 spiro atoms. The first-order chi connectivity index (χ1) is 14.9. The van der Waals surface area contributed by atoms with Gasteiger partial charge < -0.3 is 14.6 Å². The van der Waals surface area contributed by atoms with E-state index < -0.39 is 11.7 Å². The first-order valence-corrected chi connectivity index (χ1v) is 11.0. The number of aromatic nitrogens is 2. The lowest BCUT2D eigenvalue weighted by molar-refractivity contribution is -0.137. The van der Waals surface area contributed by atoms with Gasteiger partial charge in [-0.15, -0.1) is 12.4 Å². The van der Waals surface area contributed by atoms with Crippen LogP contribution in [0, 0.1) is 5.92 Å². The van der Waals surface area contributed by atoms with Crippen molar-refractivity contribution in [2.75, 3.05) is 13.1 Å². The monoisotopic (exact) mass is 465 g/mol. The number of benzene rings is 2. The van der Waals surface area contributed by atoms with Crippen molar-refractivity contribution in [1.82, 2.24) is 14.5 Å². The molecule has 0 radical (unpaired) electrons. The van der Waals surface area contributed by atoms with Crippen molar-refractivity contribution in [3.63, 3.8) is 0 Å². The first-order valence-electron chi connectivity index (χ1n) is 11.0. The number of piperidine rings is 2.